The van der Waals surface area contributed by atoms with Crippen LogP contribution in [-0.2, 0) is 9.59 Å². The molecule has 0 radical (unpaired) electrons. The van der Waals surface area contributed by atoms with Crippen molar-refractivity contribution in [3.05, 3.63) is 113 Å². The molecule has 176 valence electrons. The first-order valence-corrected chi connectivity index (χ1v) is 14.2. The van der Waals surface area contributed by atoms with Crippen molar-refractivity contribution >= 4 is 70.4 Å². The number of carbonyl (C=O) groups excluding carboxylic acids is 2. The van der Waals surface area contributed by atoms with E-state index in [1.54, 1.807) is 0 Å². The molecule has 4 atom stereocenters. The summed E-state index contributed by atoms with van der Waals surface area (Å²) in [5, 5.41) is 3.78. The van der Waals surface area contributed by atoms with Gasteiger partial charge in [0.1, 0.15) is 0 Å². The van der Waals surface area contributed by atoms with Crippen LogP contribution in [0.2, 0.25) is 0 Å². The summed E-state index contributed by atoms with van der Waals surface area (Å²) in [7, 11) is 0. The summed E-state index contributed by atoms with van der Waals surface area (Å²) in [6.07, 6.45) is 0. The average molecular weight is 514 g/mol. The first-order valence-electron chi connectivity index (χ1n) is 12.6. The molecular weight excluding hydrogens is 494 g/mol. The van der Waals surface area contributed by atoms with Gasteiger partial charge in [-0.05, 0) is 51.7 Å². The van der Waals surface area contributed by atoms with E-state index >= 15 is 0 Å². The Balaban J connectivity index is 1.32. The molecule has 3 nitrogen and oxygen atoms in total. The van der Waals surface area contributed by atoms with Gasteiger partial charge in [-0.3, -0.25) is 9.59 Å². The van der Waals surface area contributed by atoms with E-state index in [-0.39, 0.29) is 35.5 Å². The quantitative estimate of drug-likeness (QED) is 0.212. The van der Waals surface area contributed by atoms with Gasteiger partial charge >= 0.3 is 0 Å². The van der Waals surface area contributed by atoms with Gasteiger partial charge in [-0.25, -0.2) is 4.90 Å². The SMILES string of the molecule is O=C1[C@@H]2[C@@H]3c4ccccc4[C@@H](c4sc5c(sc6cc7ccccc7cc65)c43)[C@@H]2C(=O)N1c1ccccc1. The second-order valence-corrected chi connectivity index (χ2v) is 12.4. The van der Waals surface area contributed by atoms with Gasteiger partial charge in [0.25, 0.3) is 0 Å². The number of thiophene rings is 2. The first-order chi connectivity index (χ1) is 18.2. The highest BCUT2D eigenvalue weighted by Crippen LogP contribution is 2.65. The third-order valence-corrected chi connectivity index (χ3v) is 11.3. The Kier molecular flexibility index (Phi) is 3.80. The fourth-order valence-corrected chi connectivity index (χ4v) is 10.2. The summed E-state index contributed by atoms with van der Waals surface area (Å²) >= 11 is 3.69. The van der Waals surface area contributed by atoms with Crippen molar-refractivity contribution in [2.75, 3.05) is 4.90 Å². The Morgan fingerprint density at radius 1 is 0.622 bits per heavy atom. The highest BCUT2D eigenvalue weighted by molar-refractivity contribution is 7.33. The van der Waals surface area contributed by atoms with Crippen molar-refractivity contribution in [3.8, 4) is 0 Å². The first kappa shape index (κ1) is 20.3. The number of imide groups is 1. The topological polar surface area (TPSA) is 37.4 Å². The van der Waals surface area contributed by atoms with Crippen LogP contribution in [0.4, 0.5) is 5.69 Å². The van der Waals surface area contributed by atoms with Crippen molar-refractivity contribution in [1.82, 2.24) is 0 Å². The zero-order valence-electron chi connectivity index (χ0n) is 19.5. The Bertz CT molecular complexity index is 1970. The molecule has 3 heterocycles. The van der Waals surface area contributed by atoms with E-state index in [1.165, 1.54) is 56.7 Å². The number of amides is 2. The Morgan fingerprint density at radius 2 is 1.24 bits per heavy atom. The van der Waals surface area contributed by atoms with E-state index in [1.807, 2.05) is 53.0 Å². The molecule has 5 heteroatoms. The van der Waals surface area contributed by atoms with Gasteiger partial charge in [-0.1, -0.05) is 66.7 Å². The van der Waals surface area contributed by atoms with E-state index in [2.05, 4.69) is 60.7 Å². The molecule has 1 aliphatic heterocycles. The zero-order valence-corrected chi connectivity index (χ0v) is 21.2. The monoisotopic (exact) mass is 513 g/mol. The lowest BCUT2D eigenvalue weighted by Crippen LogP contribution is -2.40. The number of hydrogen-bond donors (Lipinski definition) is 0. The van der Waals surface area contributed by atoms with Crippen LogP contribution >= 0.6 is 22.7 Å². The minimum absolute atomic E-state index is 0.0519. The van der Waals surface area contributed by atoms with Gasteiger partial charge in [0.2, 0.25) is 11.8 Å². The van der Waals surface area contributed by atoms with E-state index < -0.39 is 0 Å². The molecule has 0 unspecified atom stereocenters. The van der Waals surface area contributed by atoms with Gasteiger partial charge in [0.15, 0.2) is 0 Å². The standard InChI is InChI=1S/C32H19NO2S2/c34-31-25-23-19-12-6-7-13-20(19)24(26(25)32(35)33(31)18-10-2-1-3-11-18)29-27(23)30-28(37-29)21-14-16-8-4-5-9-17(16)15-22(21)36-30/h1-15,23-26H/t23-,24+,25+,26-/m0/s1. The normalized spacial score (nSPS) is 23.7. The van der Waals surface area contributed by atoms with Crippen molar-refractivity contribution in [2.45, 2.75) is 11.8 Å². The molecule has 0 spiro atoms. The maximum atomic E-state index is 14.1. The minimum atomic E-state index is -0.359. The molecular formula is C32H19NO2S2. The second kappa shape index (κ2) is 6.94. The van der Waals surface area contributed by atoms with E-state index in [0.29, 0.717) is 5.69 Å². The summed E-state index contributed by atoms with van der Waals surface area (Å²) in [6, 6.07) is 31.1. The fourth-order valence-electron chi connectivity index (χ4n) is 7.19. The van der Waals surface area contributed by atoms with Crippen LogP contribution in [0.25, 0.3) is 30.3 Å². The highest BCUT2D eigenvalue weighted by Gasteiger charge is 2.63. The highest BCUT2D eigenvalue weighted by atomic mass is 32.1. The zero-order chi connectivity index (χ0) is 24.4. The maximum Gasteiger partial charge on any atom is 0.238 e. The van der Waals surface area contributed by atoms with Gasteiger partial charge in [-0.2, -0.15) is 0 Å². The van der Waals surface area contributed by atoms with Crippen molar-refractivity contribution in [2.24, 2.45) is 11.8 Å². The molecule has 4 aliphatic rings. The molecule has 2 bridgehead atoms. The predicted octanol–water partition coefficient (Wildman–Crippen LogP) is 7.67. The molecule has 1 fully saturated rings. The molecule has 10 rings (SSSR count). The fraction of sp³-hybridized carbons (Fsp3) is 0.125. The number of benzene rings is 4. The van der Waals surface area contributed by atoms with Crippen LogP contribution in [0.1, 0.15) is 33.4 Å². The smallest absolute Gasteiger partial charge is 0.238 e. The van der Waals surface area contributed by atoms with Gasteiger partial charge in [0, 0.05) is 26.8 Å². The number of carbonyl (C=O) groups is 2. The van der Waals surface area contributed by atoms with Crippen LogP contribution in [0.5, 0.6) is 0 Å². The molecule has 0 saturated carbocycles. The molecule has 2 aromatic heterocycles. The van der Waals surface area contributed by atoms with Crippen molar-refractivity contribution in [1.29, 1.82) is 0 Å². The predicted molar refractivity (Wildman–Crippen MR) is 151 cm³/mol. The van der Waals surface area contributed by atoms with Gasteiger partial charge in [0.05, 0.1) is 26.9 Å². The summed E-state index contributed by atoms with van der Waals surface area (Å²) in [5.41, 5.74) is 4.42. The number of fused-ring (bicyclic) bond motifs is 4. The Hall–Kier alpha value is -3.80. The third-order valence-electron chi connectivity index (χ3n) is 8.62. The minimum Gasteiger partial charge on any atom is -0.274 e. The summed E-state index contributed by atoms with van der Waals surface area (Å²) < 4.78 is 3.89. The maximum absolute atomic E-state index is 14.1. The number of anilines is 1. The van der Waals surface area contributed by atoms with E-state index in [9.17, 15) is 9.59 Å². The number of rotatable bonds is 1. The summed E-state index contributed by atoms with van der Waals surface area (Å²) in [4.78, 5) is 30.8. The number of nitrogens with zero attached hydrogens (tertiary/aromatic N) is 1. The number of hydrogen-bond acceptors (Lipinski definition) is 4. The lowest BCUT2D eigenvalue weighted by molar-refractivity contribution is -0.122. The largest absolute Gasteiger partial charge is 0.274 e. The Labute approximate surface area is 220 Å². The van der Waals surface area contributed by atoms with E-state index in [4.69, 9.17) is 0 Å². The van der Waals surface area contributed by atoms with Crippen molar-refractivity contribution in [3.63, 3.8) is 0 Å². The van der Waals surface area contributed by atoms with Crippen LogP contribution in [0.3, 0.4) is 0 Å². The van der Waals surface area contributed by atoms with Crippen molar-refractivity contribution < 1.29 is 9.59 Å². The van der Waals surface area contributed by atoms with Gasteiger partial charge < -0.3 is 0 Å². The lowest BCUT2D eigenvalue weighted by Gasteiger charge is -2.44. The van der Waals surface area contributed by atoms with Crippen LogP contribution in [0, 0.1) is 11.8 Å². The molecule has 6 aromatic rings. The lowest BCUT2D eigenvalue weighted by atomic mass is 9.57. The molecule has 0 N–H and O–H groups in total. The van der Waals surface area contributed by atoms with Crippen LogP contribution < -0.4 is 4.90 Å². The molecule has 3 aliphatic carbocycles. The summed E-state index contributed by atoms with van der Waals surface area (Å²) in [5.74, 6) is -0.984. The number of para-hydroxylation sites is 1. The molecule has 1 saturated heterocycles. The second-order valence-electron chi connectivity index (χ2n) is 10.3. The molecule has 4 aromatic carbocycles. The average Bonchev–Trinajstić information content (AvgIpc) is 3.56. The molecule has 37 heavy (non-hydrogen) atoms. The van der Waals surface area contributed by atoms with Gasteiger partial charge in [-0.15, -0.1) is 22.7 Å². The van der Waals surface area contributed by atoms with Crippen LogP contribution in [-0.4, -0.2) is 11.8 Å². The Morgan fingerprint density at radius 3 is 2.00 bits per heavy atom. The van der Waals surface area contributed by atoms with E-state index in [0.717, 1.165) is 0 Å². The van der Waals surface area contributed by atoms with Crippen LogP contribution in [0.15, 0.2) is 91.0 Å². The molecule has 2 amide bonds. The third kappa shape index (κ3) is 2.42. The summed E-state index contributed by atoms with van der Waals surface area (Å²) in [6.45, 7) is 0.